The Hall–Kier alpha value is -3.96. The van der Waals surface area contributed by atoms with E-state index in [2.05, 4.69) is 17.8 Å². The molecule has 3 aromatic carbocycles. The van der Waals surface area contributed by atoms with Gasteiger partial charge in [-0.1, -0.05) is 66.4 Å². The molecule has 0 saturated carbocycles. The smallest absolute Gasteiger partial charge is 0.458 e. The summed E-state index contributed by atoms with van der Waals surface area (Å²) in [6.07, 6.45) is -3.04. The van der Waals surface area contributed by atoms with Crippen molar-refractivity contribution in [3.63, 3.8) is 0 Å². The largest absolute Gasteiger partial charge is 0.494 e. The topological polar surface area (TPSA) is 26.3 Å². The molecule has 3 rings (SSSR count). The van der Waals surface area contributed by atoms with E-state index in [9.17, 15) is 18.0 Å². The molecule has 5 heteroatoms. The van der Waals surface area contributed by atoms with E-state index in [1.165, 1.54) is 5.92 Å². The van der Waals surface area contributed by atoms with Gasteiger partial charge in [0.15, 0.2) is 5.78 Å². The Kier molecular flexibility index (Phi) is 9.37. The molecule has 36 heavy (non-hydrogen) atoms. The summed E-state index contributed by atoms with van der Waals surface area (Å²) in [6, 6.07) is 22.1. The van der Waals surface area contributed by atoms with Gasteiger partial charge in [0.05, 0.1) is 6.61 Å². The first-order valence-electron chi connectivity index (χ1n) is 11.7. The Morgan fingerprint density at radius 2 is 1.72 bits per heavy atom. The van der Waals surface area contributed by atoms with Gasteiger partial charge in [-0.25, -0.2) is 0 Å². The Balaban J connectivity index is 1.74. The van der Waals surface area contributed by atoms with Crippen LogP contribution in [0.3, 0.4) is 0 Å². The van der Waals surface area contributed by atoms with Crippen LogP contribution >= 0.6 is 0 Å². The molecule has 0 saturated heterocycles. The highest BCUT2D eigenvalue weighted by atomic mass is 19.4. The van der Waals surface area contributed by atoms with Gasteiger partial charge in [0.1, 0.15) is 11.7 Å². The van der Waals surface area contributed by atoms with E-state index < -0.39 is 12.1 Å². The quantitative estimate of drug-likeness (QED) is 0.313. The van der Waals surface area contributed by atoms with Crippen molar-refractivity contribution in [3.05, 3.63) is 101 Å². The standard InChI is InChI=1S/C31H27F3O2/c1-3-9-28(26-12-6-5-7-13-26)29(35)21-25-15-17-27(30(22-25)36-4-2)16-14-23-10-8-11-24(20-23)18-19-31(32,33)34/h5-8,10-13,15,17,20,22,28H,4,14,16,21H2,1-2H3. The average molecular weight is 489 g/mol. The van der Waals surface area contributed by atoms with Crippen LogP contribution in [0.4, 0.5) is 13.2 Å². The third kappa shape index (κ3) is 8.07. The molecule has 0 fully saturated rings. The van der Waals surface area contributed by atoms with Crippen molar-refractivity contribution < 1.29 is 22.7 Å². The van der Waals surface area contributed by atoms with Gasteiger partial charge in [-0.05, 0) is 67.1 Å². The number of rotatable bonds is 9. The first-order chi connectivity index (χ1) is 17.3. The van der Waals surface area contributed by atoms with Gasteiger partial charge >= 0.3 is 6.18 Å². The second kappa shape index (κ2) is 12.7. The Morgan fingerprint density at radius 3 is 2.42 bits per heavy atom. The number of ketones is 1. The lowest BCUT2D eigenvalue weighted by atomic mass is 9.91. The lowest BCUT2D eigenvalue weighted by Gasteiger charge is -2.14. The lowest BCUT2D eigenvalue weighted by Crippen LogP contribution is -2.14. The molecular weight excluding hydrogens is 461 g/mol. The predicted octanol–water partition coefficient (Wildman–Crippen LogP) is 6.70. The zero-order valence-corrected chi connectivity index (χ0v) is 20.3. The van der Waals surface area contributed by atoms with Crippen LogP contribution in [-0.4, -0.2) is 18.6 Å². The molecule has 1 atom stereocenters. The summed E-state index contributed by atoms with van der Waals surface area (Å²) < 4.78 is 43.0. The van der Waals surface area contributed by atoms with Gasteiger partial charge in [0, 0.05) is 17.9 Å². The molecule has 0 heterocycles. The maximum absolute atomic E-state index is 13.1. The number of hydrogen-bond donors (Lipinski definition) is 0. The van der Waals surface area contributed by atoms with Crippen LogP contribution in [0.15, 0.2) is 72.8 Å². The summed E-state index contributed by atoms with van der Waals surface area (Å²) >= 11 is 0. The minimum atomic E-state index is -4.52. The minimum Gasteiger partial charge on any atom is -0.494 e. The Labute approximate surface area is 210 Å². The van der Waals surface area contributed by atoms with Crippen LogP contribution in [-0.2, 0) is 24.1 Å². The third-order valence-corrected chi connectivity index (χ3v) is 5.51. The third-order valence-electron chi connectivity index (χ3n) is 5.51. The highest BCUT2D eigenvalue weighted by Crippen LogP contribution is 2.25. The van der Waals surface area contributed by atoms with Gasteiger partial charge in [-0.3, -0.25) is 4.79 Å². The van der Waals surface area contributed by atoms with Crippen LogP contribution in [0.25, 0.3) is 0 Å². The average Bonchev–Trinajstić information content (AvgIpc) is 2.86. The molecule has 3 aromatic rings. The van der Waals surface area contributed by atoms with E-state index in [1.807, 2.05) is 61.5 Å². The maximum Gasteiger partial charge on any atom is 0.458 e. The summed E-state index contributed by atoms with van der Waals surface area (Å²) in [6.45, 7) is 4.09. The van der Waals surface area contributed by atoms with Crippen molar-refractivity contribution in [2.24, 2.45) is 0 Å². The van der Waals surface area contributed by atoms with Crippen molar-refractivity contribution >= 4 is 5.78 Å². The van der Waals surface area contributed by atoms with Crippen molar-refractivity contribution in [2.75, 3.05) is 6.61 Å². The fourth-order valence-electron chi connectivity index (χ4n) is 3.87. The lowest BCUT2D eigenvalue weighted by molar-refractivity contribution is -0.118. The number of halogens is 3. The van der Waals surface area contributed by atoms with Gasteiger partial charge < -0.3 is 4.74 Å². The molecule has 0 aromatic heterocycles. The normalized spacial score (nSPS) is 11.5. The summed E-state index contributed by atoms with van der Waals surface area (Å²) in [7, 11) is 0. The molecule has 0 N–H and O–H groups in total. The van der Waals surface area contributed by atoms with Crippen LogP contribution in [0.5, 0.6) is 5.75 Å². The van der Waals surface area contributed by atoms with Crippen LogP contribution in [0.1, 0.15) is 47.6 Å². The summed E-state index contributed by atoms with van der Waals surface area (Å²) in [5, 5.41) is 0. The van der Waals surface area contributed by atoms with Crippen molar-refractivity contribution in [1.29, 1.82) is 0 Å². The second-order valence-electron chi connectivity index (χ2n) is 8.20. The van der Waals surface area contributed by atoms with Crippen LogP contribution in [0.2, 0.25) is 0 Å². The molecule has 0 spiro atoms. The summed E-state index contributed by atoms with van der Waals surface area (Å²) in [5.74, 6) is 9.60. The molecule has 0 aliphatic heterocycles. The maximum atomic E-state index is 13.1. The molecule has 0 radical (unpaired) electrons. The van der Waals surface area contributed by atoms with Crippen LogP contribution < -0.4 is 4.74 Å². The predicted molar refractivity (Wildman–Crippen MR) is 136 cm³/mol. The van der Waals surface area contributed by atoms with Crippen LogP contribution in [0, 0.1) is 23.7 Å². The highest BCUT2D eigenvalue weighted by molar-refractivity contribution is 5.90. The Bertz CT molecular complexity index is 1300. The zero-order valence-electron chi connectivity index (χ0n) is 20.3. The summed E-state index contributed by atoms with van der Waals surface area (Å²) in [4.78, 5) is 13.1. The van der Waals surface area contributed by atoms with E-state index in [1.54, 1.807) is 25.1 Å². The second-order valence-corrected chi connectivity index (χ2v) is 8.20. The molecule has 2 nitrogen and oxygen atoms in total. The number of alkyl halides is 3. The van der Waals surface area contributed by atoms with E-state index in [4.69, 9.17) is 4.74 Å². The molecular formula is C31H27F3O2. The number of Topliss-reactive ketones (excluding diaryl/α,β-unsaturated/α-hetero) is 1. The van der Waals surface area contributed by atoms with E-state index in [0.29, 0.717) is 30.8 Å². The molecule has 0 aliphatic carbocycles. The van der Waals surface area contributed by atoms with Gasteiger partial charge in [-0.2, -0.15) is 13.2 Å². The van der Waals surface area contributed by atoms with Crippen molar-refractivity contribution in [1.82, 2.24) is 0 Å². The first kappa shape index (κ1) is 26.6. The number of ether oxygens (including phenoxy) is 1. The molecule has 0 aliphatic rings. The SMILES string of the molecule is CC#CC(C(=O)Cc1ccc(CCc2cccc(C#CC(F)(F)F)c2)c(OCC)c1)c1ccccc1. The first-order valence-corrected chi connectivity index (χ1v) is 11.7. The van der Waals surface area contributed by atoms with Crippen molar-refractivity contribution in [2.45, 2.75) is 45.2 Å². The van der Waals surface area contributed by atoms with Crippen molar-refractivity contribution in [3.8, 4) is 29.4 Å². The number of hydrogen-bond acceptors (Lipinski definition) is 2. The van der Waals surface area contributed by atoms with Gasteiger partial charge in [-0.15, -0.1) is 5.92 Å². The monoisotopic (exact) mass is 488 g/mol. The number of carbonyl (C=O) groups is 1. The number of aryl methyl sites for hydroxylation is 2. The van der Waals surface area contributed by atoms with E-state index in [-0.39, 0.29) is 12.2 Å². The van der Waals surface area contributed by atoms with E-state index >= 15 is 0 Å². The van der Waals surface area contributed by atoms with E-state index in [0.717, 1.165) is 22.3 Å². The fourth-order valence-corrected chi connectivity index (χ4v) is 3.87. The minimum absolute atomic E-state index is 0.0162. The Morgan fingerprint density at radius 1 is 0.944 bits per heavy atom. The summed E-state index contributed by atoms with van der Waals surface area (Å²) in [5.41, 5.74) is 3.89. The fraction of sp³-hybridized carbons (Fsp3) is 0.258. The van der Waals surface area contributed by atoms with Gasteiger partial charge in [0.2, 0.25) is 0 Å². The molecule has 0 bridgehead atoms. The molecule has 184 valence electrons. The zero-order chi connectivity index (χ0) is 26.0. The highest BCUT2D eigenvalue weighted by Gasteiger charge is 2.23. The molecule has 1 unspecified atom stereocenters. The number of benzene rings is 3. The number of carbonyl (C=O) groups excluding carboxylic acids is 1. The molecule has 0 amide bonds. The van der Waals surface area contributed by atoms with Gasteiger partial charge in [0.25, 0.3) is 0 Å².